The molecule has 0 aliphatic heterocycles. The lowest BCUT2D eigenvalue weighted by Crippen LogP contribution is -2.36. The molecule has 21 heavy (non-hydrogen) atoms. The number of aryl methyl sites for hydroxylation is 1. The number of rotatable bonds is 10. The van der Waals surface area contributed by atoms with Gasteiger partial charge in [0.25, 0.3) is 0 Å². The number of nitrogens with one attached hydrogen (secondary N) is 1. The standard InChI is InChI=1S/C17H31N3O/c1-5-15-14-16(8-9-17(15)18-4)20(7-3)11-10-19(6-2)12-13-21/h8-9,14,18,21H,5-7,10-13H2,1-4H3. The molecule has 0 radical (unpaired) electrons. The number of hydrogen-bond donors (Lipinski definition) is 2. The van der Waals surface area contributed by atoms with Crippen molar-refractivity contribution < 1.29 is 5.11 Å². The van der Waals surface area contributed by atoms with Crippen LogP contribution in [-0.2, 0) is 6.42 Å². The molecule has 0 saturated carbocycles. The quantitative estimate of drug-likeness (QED) is 0.695. The first-order chi connectivity index (χ1) is 10.2. The van der Waals surface area contributed by atoms with Gasteiger partial charge in [-0.1, -0.05) is 13.8 Å². The van der Waals surface area contributed by atoms with Gasteiger partial charge < -0.3 is 15.3 Å². The third kappa shape index (κ3) is 5.21. The largest absolute Gasteiger partial charge is 0.395 e. The first-order valence-corrected chi connectivity index (χ1v) is 8.08. The Morgan fingerprint density at radius 2 is 1.81 bits per heavy atom. The zero-order valence-corrected chi connectivity index (χ0v) is 14.0. The summed E-state index contributed by atoms with van der Waals surface area (Å²) in [4.78, 5) is 4.68. The molecule has 0 bridgehead atoms. The minimum Gasteiger partial charge on any atom is -0.395 e. The number of anilines is 2. The Kier molecular flexibility index (Phi) is 8.16. The minimum atomic E-state index is 0.233. The van der Waals surface area contributed by atoms with Gasteiger partial charge in [0.15, 0.2) is 0 Å². The summed E-state index contributed by atoms with van der Waals surface area (Å²) >= 11 is 0. The molecule has 120 valence electrons. The molecule has 1 aromatic carbocycles. The number of aliphatic hydroxyl groups is 1. The Hall–Kier alpha value is -1.26. The van der Waals surface area contributed by atoms with Crippen molar-refractivity contribution in [2.75, 3.05) is 56.6 Å². The number of hydrogen-bond acceptors (Lipinski definition) is 4. The highest BCUT2D eigenvalue weighted by Crippen LogP contribution is 2.23. The van der Waals surface area contributed by atoms with Crippen molar-refractivity contribution in [2.45, 2.75) is 27.2 Å². The van der Waals surface area contributed by atoms with Crippen LogP contribution in [0, 0.1) is 0 Å². The summed E-state index contributed by atoms with van der Waals surface area (Å²) in [7, 11) is 1.97. The predicted molar refractivity (Wildman–Crippen MR) is 92.5 cm³/mol. The lowest BCUT2D eigenvalue weighted by Gasteiger charge is -2.28. The summed E-state index contributed by atoms with van der Waals surface area (Å²) in [5.41, 5.74) is 3.86. The fraction of sp³-hybridized carbons (Fsp3) is 0.647. The molecule has 1 aromatic rings. The van der Waals surface area contributed by atoms with Crippen LogP contribution >= 0.6 is 0 Å². The van der Waals surface area contributed by atoms with Crippen molar-refractivity contribution in [3.05, 3.63) is 23.8 Å². The van der Waals surface area contributed by atoms with E-state index < -0.39 is 0 Å². The van der Waals surface area contributed by atoms with Crippen LogP contribution in [0.25, 0.3) is 0 Å². The third-order valence-corrected chi connectivity index (χ3v) is 4.04. The van der Waals surface area contributed by atoms with Gasteiger partial charge in [-0.05, 0) is 43.7 Å². The van der Waals surface area contributed by atoms with Gasteiger partial charge in [0.1, 0.15) is 0 Å². The topological polar surface area (TPSA) is 38.7 Å². The first-order valence-electron chi connectivity index (χ1n) is 8.08. The van der Waals surface area contributed by atoms with E-state index >= 15 is 0 Å². The third-order valence-electron chi connectivity index (χ3n) is 4.04. The molecule has 0 spiro atoms. The fourth-order valence-corrected chi connectivity index (χ4v) is 2.61. The predicted octanol–water partition coefficient (Wildman–Crippen LogP) is 2.43. The van der Waals surface area contributed by atoms with Crippen LogP contribution in [0.1, 0.15) is 26.3 Å². The monoisotopic (exact) mass is 293 g/mol. The number of likely N-dealkylation sites (N-methyl/N-ethyl adjacent to an activating group) is 2. The van der Waals surface area contributed by atoms with Crippen LogP contribution in [0.5, 0.6) is 0 Å². The second kappa shape index (κ2) is 9.64. The highest BCUT2D eigenvalue weighted by Gasteiger charge is 2.09. The van der Waals surface area contributed by atoms with Crippen LogP contribution in [0.15, 0.2) is 18.2 Å². The molecule has 0 heterocycles. The molecule has 0 fully saturated rings. The van der Waals surface area contributed by atoms with Gasteiger partial charge >= 0.3 is 0 Å². The molecule has 2 N–H and O–H groups in total. The Bertz CT molecular complexity index is 409. The lowest BCUT2D eigenvalue weighted by atomic mass is 10.1. The van der Waals surface area contributed by atoms with E-state index in [0.717, 1.165) is 39.1 Å². The minimum absolute atomic E-state index is 0.233. The van der Waals surface area contributed by atoms with Crippen molar-refractivity contribution >= 4 is 11.4 Å². The second-order valence-corrected chi connectivity index (χ2v) is 5.18. The number of aliphatic hydroxyl groups excluding tert-OH is 1. The van der Waals surface area contributed by atoms with Crippen molar-refractivity contribution in [3.8, 4) is 0 Å². The number of benzene rings is 1. The van der Waals surface area contributed by atoms with Gasteiger partial charge in [-0.2, -0.15) is 0 Å². The summed E-state index contributed by atoms with van der Waals surface area (Å²) in [5, 5.41) is 12.3. The van der Waals surface area contributed by atoms with Gasteiger partial charge in [0.05, 0.1) is 6.61 Å². The Morgan fingerprint density at radius 1 is 1.05 bits per heavy atom. The molecule has 0 saturated heterocycles. The summed E-state index contributed by atoms with van der Waals surface area (Å²) in [5.74, 6) is 0. The average molecular weight is 293 g/mol. The smallest absolute Gasteiger partial charge is 0.0558 e. The molecule has 4 heteroatoms. The molecular weight excluding hydrogens is 262 g/mol. The summed E-state index contributed by atoms with van der Waals surface area (Å²) in [6, 6.07) is 6.65. The molecular formula is C17H31N3O. The maximum atomic E-state index is 9.07. The van der Waals surface area contributed by atoms with Crippen molar-refractivity contribution in [1.29, 1.82) is 0 Å². The highest BCUT2D eigenvalue weighted by atomic mass is 16.3. The van der Waals surface area contributed by atoms with E-state index in [9.17, 15) is 0 Å². The normalized spacial score (nSPS) is 11.0. The highest BCUT2D eigenvalue weighted by molar-refractivity contribution is 5.60. The van der Waals surface area contributed by atoms with Gasteiger partial charge in [-0.3, -0.25) is 4.90 Å². The Balaban J connectivity index is 2.75. The molecule has 4 nitrogen and oxygen atoms in total. The van der Waals surface area contributed by atoms with E-state index in [-0.39, 0.29) is 6.61 Å². The Morgan fingerprint density at radius 3 is 2.33 bits per heavy atom. The van der Waals surface area contributed by atoms with Crippen LogP contribution < -0.4 is 10.2 Å². The fourth-order valence-electron chi connectivity index (χ4n) is 2.61. The van der Waals surface area contributed by atoms with Crippen LogP contribution in [0.2, 0.25) is 0 Å². The molecule has 0 atom stereocenters. The van der Waals surface area contributed by atoms with Crippen LogP contribution in [0.4, 0.5) is 11.4 Å². The average Bonchev–Trinajstić information content (AvgIpc) is 2.53. The summed E-state index contributed by atoms with van der Waals surface area (Å²) < 4.78 is 0. The zero-order chi connectivity index (χ0) is 15.7. The van der Waals surface area contributed by atoms with E-state index in [1.54, 1.807) is 0 Å². The molecule has 0 aliphatic carbocycles. The van der Waals surface area contributed by atoms with Crippen LogP contribution in [-0.4, -0.2) is 56.4 Å². The van der Waals surface area contributed by atoms with E-state index in [1.165, 1.54) is 16.9 Å². The van der Waals surface area contributed by atoms with E-state index in [4.69, 9.17) is 5.11 Å². The van der Waals surface area contributed by atoms with Gasteiger partial charge in [-0.15, -0.1) is 0 Å². The van der Waals surface area contributed by atoms with Crippen molar-refractivity contribution in [2.24, 2.45) is 0 Å². The second-order valence-electron chi connectivity index (χ2n) is 5.18. The molecule has 0 amide bonds. The Labute approximate surface area is 129 Å². The SMILES string of the molecule is CCc1cc(N(CC)CCN(CC)CCO)ccc1NC. The van der Waals surface area contributed by atoms with Crippen molar-refractivity contribution in [3.63, 3.8) is 0 Å². The zero-order valence-electron chi connectivity index (χ0n) is 14.0. The maximum Gasteiger partial charge on any atom is 0.0558 e. The first kappa shape index (κ1) is 17.8. The molecule has 0 aliphatic rings. The lowest BCUT2D eigenvalue weighted by molar-refractivity contribution is 0.204. The van der Waals surface area contributed by atoms with Gasteiger partial charge in [0, 0.05) is 44.6 Å². The van der Waals surface area contributed by atoms with Gasteiger partial charge in [0.2, 0.25) is 0 Å². The molecule has 1 rings (SSSR count). The summed E-state index contributed by atoms with van der Waals surface area (Å²) in [6.07, 6.45) is 1.03. The summed E-state index contributed by atoms with van der Waals surface area (Å²) in [6.45, 7) is 11.5. The van der Waals surface area contributed by atoms with E-state index in [0.29, 0.717) is 0 Å². The van der Waals surface area contributed by atoms with E-state index in [1.807, 2.05) is 7.05 Å². The van der Waals surface area contributed by atoms with Crippen molar-refractivity contribution in [1.82, 2.24) is 4.90 Å². The maximum absolute atomic E-state index is 9.07. The number of nitrogens with zero attached hydrogens (tertiary/aromatic N) is 2. The molecule has 0 unspecified atom stereocenters. The van der Waals surface area contributed by atoms with E-state index in [2.05, 4.69) is 54.1 Å². The van der Waals surface area contributed by atoms with Crippen LogP contribution in [0.3, 0.4) is 0 Å². The molecule has 0 aromatic heterocycles. The van der Waals surface area contributed by atoms with Gasteiger partial charge in [-0.25, -0.2) is 0 Å².